The van der Waals surface area contributed by atoms with Crippen LogP contribution in [-0.2, 0) is 0 Å². The molecule has 0 saturated carbocycles. The van der Waals surface area contributed by atoms with Crippen LogP contribution in [0.15, 0.2) is 176 Å². The van der Waals surface area contributed by atoms with Gasteiger partial charge in [-0.2, -0.15) is 0 Å². The van der Waals surface area contributed by atoms with E-state index in [4.69, 9.17) is 0 Å². The van der Waals surface area contributed by atoms with Gasteiger partial charge in [0.05, 0.1) is 38.8 Å². The highest BCUT2D eigenvalue weighted by molar-refractivity contribution is 6.37. The van der Waals surface area contributed by atoms with E-state index >= 15 is 0 Å². The molecule has 8 aromatic carbocycles. The molecule has 3 heteroatoms. The van der Waals surface area contributed by atoms with Gasteiger partial charge in [-0.1, -0.05) is 127 Å². The van der Waals surface area contributed by atoms with Gasteiger partial charge in [-0.3, -0.25) is 0 Å². The van der Waals surface area contributed by atoms with E-state index < -0.39 is 0 Å². The lowest BCUT2D eigenvalue weighted by Gasteiger charge is -2.16. The van der Waals surface area contributed by atoms with Crippen molar-refractivity contribution in [3.05, 3.63) is 176 Å². The van der Waals surface area contributed by atoms with Gasteiger partial charge in [0, 0.05) is 49.1 Å². The Balaban J connectivity index is 1.43. The number of fused-ring (bicyclic) bond motifs is 13. The van der Waals surface area contributed by atoms with Crippen molar-refractivity contribution >= 4 is 76.2 Å². The SMILES string of the molecule is c1ccc(-n2c3ccccc3c3cccc(-n4c5ccccc5c5c4c4ccccc4c4c6ccccc6n(-c6ccccc6)c45)c32)cc1. The summed E-state index contributed by atoms with van der Waals surface area (Å²) in [5.74, 6) is 0. The Kier molecular flexibility index (Phi) is 5.38. The van der Waals surface area contributed by atoms with Gasteiger partial charge < -0.3 is 13.7 Å². The Morgan fingerprint density at radius 3 is 1.33 bits per heavy atom. The number of hydrogen-bond acceptors (Lipinski definition) is 0. The van der Waals surface area contributed by atoms with Gasteiger partial charge in [-0.25, -0.2) is 0 Å². The largest absolute Gasteiger partial charge is 0.309 e. The summed E-state index contributed by atoms with van der Waals surface area (Å²) in [6.45, 7) is 0. The second-order valence-electron chi connectivity index (χ2n) is 12.9. The van der Waals surface area contributed by atoms with Crippen molar-refractivity contribution in [1.82, 2.24) is 13.7 Å². The van der Waals surface area contributed by atoms with Crippen molar-refractivity contribution in [2.45, 2.75) is 0 Å². The van der Waals surface area contributed by atoms with Crippen molar-refractivity contribution in [3.8, 4) is 17.1 Å². The topological polar surface area (TPSA) is 14.8 Å². The van der Waals surface area contributed by atoms with Gasteiger partial charge in [0.25, 0.3) is 0 Å². The lowest BCUT2D eigenvalue weighted by atomic mass is 9.99. The van der Waals surface area contributed by atoms with Gasteiger partial charge in [0.2, 0.25) is 0 Å². The predicted molar refractivity (Wildman–Crippen MR) is 207 cm³/mol. The average molecular weight is 624 g/mol. The van der Waals surface area contributed by atoms with E-state index in [0.717, 1.165) is 17.1 Å². The first kappa shape index (κ1) is 26.5. The summed E-state index contributed by atoms with van der Waals surface area (Å²) in [7, 11) is 0. The summed E-state index contributed by atoms with van der Waals surface area (Å²) < 4.78 is 7.47. The highest BCUT2D eigenvalue weighted by Crippen LogP contribution is 2.48. The molecule has 3 aromatic heterocycles. The van der Waals surface area contributed by atoms with Crippen LogP contribution in [0.4, 0.5) is 0 Å². The summed E-state index contributed by atoms with van der Waals surface area (Å²) in [5, 5.41) is 10.1. The standard InChI is InChI=1S/C46H29N3/c1-3-16-30(17-4-1)47-38-26-12-9-20-32(38)34-25-15-29-41(44(34)47)49-40-28-14-11-24-37(40)43-45(49)35-22-8-7-21-33(35)42-36-23-10-13-27-39(36)48(46(42)43)31-18-5-2-6-19-31/h1-29H. The molecule has 0 atom stereocenters. The van der Waals surface area contributed by atoms with Crippen LogP contribution in [0.1, 0.15) is 0 Å². The van der Waals surface area contributed by atoms with Crippen LogP contribution in [0, 0.1) is 0 Å². The molecule has 11 aromatic rings. The lowest BCUT2D eigenvalue weighted by molar-refractivity contribution is 1.13. The molecular weight excluding hydrogens is 595 g/mol. The summed E-state index contributed by atoms with van der Waals surface area (Å²) in [4.78, 5) is 0. The number of nitrogens with zero attached hydrogens (tertiary/aromatic N) is 3. The van der Waals surface area contributed by atoms with Crippen LogP contribution in [0.2, 0.25) is 0 Å². The first-order valence-electron chi connectivity index (χ1n) is 16.9. The predicted octanol–water partition coefficient (Wildman–Crippen LogP) is 12.1. The first-order chi connectivity index (χ1) is 24.4. The van der Waals surface area contributed by atoms with Crippen LogP contribution >= 0.6 is 0 Å². The maximum absolute atomic E-state index is 2.54. The molecule has 0 aliphatic rings. The second kappa shape index (κ2) is 9.96. The zero-order valence-corrected chi connectivity index (χ0v) is 26.6. The van der Waals surface area contributed by atoms with Crippen molar-refractivity contribution in [1.29, 1.82) is 0 Å². The normalized spacial score (nSPS) is 12.1. The van der Waals surface area contributed by atoms with E-state index in [9.17, 15) is 0 Å². The molecule has 0 fully saturated rings. The average Bonchev–Trinajstić information content (AvgIpc) is 3.82. The van der Waals surface area contributed by atoms with Gasteiger partial charge in [0.1, 0.15) is 0 Å². The number of para-hydroxylation sites is 6. The maximum atomic E-state index is 2.54. The second-order valence-corrected chi connectivity index (χ2v) is 12.9. The summed E-state index contributed by atoms with van der Waals surface area (Å²) >= 11 is 0. The van der Waals surface area contributed by atoms with Crippen LogP contribution in [0.5, 0.6) is 0 Å². The molecule has 3 heterocycles. The summed E-state index contributed by atoms with van der Waals surface area (Å²) in [6, 6.07) is 64.0. The Labute approximate surface area is 282 Å². The minimum Gasteiger partial charge on any atom is -0.309 e. The molecule has 3 nitrogen and oxygen atoms in total. The van der Waals surface area contributed by atoms with E-state index in [0.29, 0.717) is 0 Å². The van der Waals surface area contributed by atoms with Crippen LogP contribution < -0.4 is 0 Å². The molecule has 11 rings (SSSR count). The molecule has 0 aliphatic carbocycles. The number of aromatic nitrogens is 3. The number of hydrogen-bond donors (Lipinski definition) is 0. The quantitative estimate of drug-likeness (QED) is 0.186. The third-order valence-corrected chi connectivity index (χ3v) is 10.4. The fourth-order valence-electron chi connectivity index (χ4n) is 8.51. The van der Waals surface area contributed by atoms with Gasteiger partial charge in [-0.15, -0.1) is 0 Å². The number of rotatable bonds is 3. The van der Waals surface area contributed by atoms with Crippen LogP contribution in [0.25, 0.3) is 93.3 Å². The van der Waals surface area contributed by atoms with Crippen molar-refractivity contribution in [2.75, 3.05) is 0 Å². The molecule has 0 saturated heterocycles. The van der Waals surface area contributed by atoms with Crippen LogP contribution in [0.3, 0.4) is 0 Å². The maximum Gasteiger partial charge on any atom is 0.0782 e. The highest BCUT2D eigenvalue weighted by Gasteiger charge is 2.26. The molecule has 0 unspecified atom stereocenters. The monoisotopic (exact) mass is 623 g/mol. The van der Waals surface area contributed by atoms with Crippen LogP contribution in [-0.4, -0.2) is 13.7 Å². The van der Waals surface area contributed by atoms with E-state index in [2.05, 4.69) is 190 Å². The van der Waals surface area contributed by atoms with E-state index in [1.54, 1.807) is 0 Å². The van der Waals surface area contributed by atoms with Crippen molar-refractivity contribution in [2.24, 2.45) is 0 Å². The molecular formula is C46H29N3. The van der Waals surface area contributed by atoms with E-state index in [1.807, 2.05) is 0 Å². The fraction of sp³-hybridized carbons (Fsp3) is 0. The summed E-state index contributed by atoms with van der Waals surface area (Å²) in [5.41, 5.74) is 10.7. The number of benzene rings is 8. The van der Waals surface area contributed by atoms with Gasteiger partial charge in [-0.05, 0) is 53.9 Å². The molecule has 0 radical (unpaired) electrons. The smallest absolute Gasteiger partial charge is 0.0782 e. The van der Waals surface area contributed by atoms with Crippen molar-refractivity contribution in [3.63, 3.8) is 0 Å². The van der Waals surface area contributed by atoms with Gasteiger partial charge >= 0.3 is 0 Å². The third kappa shape index (κ3) is 3.51. The highest BCUT2D eigenvalue weighted by atomic mass is 15.1. The molecule has 0 N–H and O–H groups in total. The fourth-order valence-corrected chi connectivity index (χ4v) is 8.51. The first-order valence-corrected chi connectivity index (χ1v) is 16.9. The molecule has 0 spiro atoms. The van der Waals surface area contributed by atoms with E-state index in [-0.39, 0.29) is 0 Å². The Morgan fingerprint density at radius 1 is 0.245 bits per heavy atom. The lowest BCUT2D eigenvalue weighted by Crippen LogP contribution is -2.01. The Bertz CT molecular complexity index is 3090. The minimum absolute atomic E-state index is 1.15. The van der Waals surface area contributed by atoms with Crippen molar-refractivity contribution < 1.29 is 0 Å². The molecule has 0 amide bonds. The van der Waals surface area contributed by atoms with E-state index in [1.165, 1.54) is 76.2 Å². The molecule has 0 bridgehead atoms. The molecule has 0 aliphatic heterocycles. The minimum atomic E-state index is 1.15. The molecule has 228 valence electrons. The third-order valence-electron chi connectivity index (χ3n) is 10.4. The Hall–Kier alpha value is -6.58. The zero-order chi connectivity index (χ0) is 32.1. The zero-order valence-electron chi connectivity index (χ0n) is 26.6. The van der Waals surface area contributed by atoms with Gasteiger partial charge in [0.15, 0.2) is 0 Å². The summed E-state index contributed by atoms with van der Waals surface area (Å²) in [6.07, 6.45) is 0. The Morgan fingerprint density at radius 2 is 0.673 bits per heavy atom. The molecule has 49 heavy (non-hydrogen) atoms.